The SMILES string of the molecule is CCCCOc1cc2c(cc1C1CC1)-c1cc(=O)c(C(=O)O)cn1[C@H](C(C)C)CO2. The van der Waals surface area contributed by atoms with Crippen LogP contribution in [0.2, 0.25) is 0 Å². The first-order chi connectivity index (χ1) is 14.4. The van der Waals surface area contributed by atoms with Gasteiger partial charge in [0.25, 0.3) is 0 Å². The standard InChI is InChI=1S/C24H29NO5/c1-4-5-8-29-22-11-23-17(9-16(22)15-6-7-15)19-10-21(26)18(24(27)28)12-25(19)20(13-30-23)14(2)3/h9-12,14-15,20H,4-8,13H2,1-3H3,(H,27,28)/t20-/m0/s1. The number of aromatic nitrogens is 1. The van der Waals surface area contributed by atoms with Crippen LogP contribution in [-0.4, -0.2) is 28.9 Å². The minimum absolute atomic E-state index is 0.0834. The van der Waals surface area contributed by atoms with E-state index in [9.17, 15) is 14.7 Å². The fourth-order valence-corrected chi connectivity index (χ4v) is 4.03. The summed E-state index contributed by atoms with van der Waals surface area (Å²) in [5, 5.41) is 9.46. The van der Waals surface area contributed by atoms with Crippen LogP contribution in [0.5, 0.6) is 11.5 Å². The minimum atomic E-state index is -1.21. The third-order valence-electron chi connectivity index (χ3n) is 6.01. The highest BCUT2D eigenvalue weighted by Crippen LogP contribution is 2.49. The molecule has 1 aromatic heterocycles. The van der Waals surface area contributed by atoms with Crippen LogP contribution in [0.4, 0.5) is 0 Å². The van der Waals surface area contributed by atoms with Crippen LogP contribution in [0, 0.1) is 5.92 Å². The molecule has 1 aliphatic carbocycles. The van der Waals surface area contributed by atoms with Gasteiger partial charge in [0.15, 0.2) is 5.43 Å². The zero-order valence-corrected chi connectivity index (χ0v) is 17.8. The van der Waals surface area contributed by atoms with E-state index in [-0.39, 0.29) is 17.5 Å². The summed E-state index contributed by atoms with van der Waals surface area (Å²) in [6.07, 6.45) is 5.80. The zero-order valence-electron chi connectivity index (χ0n) is 17.8. The Morgan fingerprint density at radius 2 is 2.07 bits per heavy atom. The van der Waals surface area contributed by atoms with Crippen molar-refractivity contribution in [1.29, 1.82) is 0 Å². The maximum absolute atomic E-state index is 12.5. The van der Waals surface area contributed by atoms with Gasteiger partial charge in [-0.3, -0.25) is 4.79 Å². The third-order valence-corrected chi connectivity index (χ3v) is 6.01. The molecule has 0 bridgehead atoms. The lowest BCUT2D eigenvalue weighted by atomic mass is 9.99. The molecule has 4 rings (SSSR count). The molecule has 1 fully saturated rings. The first kappa shape index (κ1) is 20.5. The van der Waals surface area contributed by atoms with Gasteiger partial charge in [0, 0.05) is 23.9 Å². The molecule has 6 heteroatoms. The number of fused-ring (bicyclic) bond motifs is 3. The van der Waals surface area contributed by atoms with Gasteiger partial charge in [-0.1, -0.05) is 27.2 Å². The molecule has 1 N–H and O–H groups in total. The van der Waals surface area contributed by atoms with Crippen LogP contribution < -0.4 is 14.9 Å². The monoisotopic (exact) mass is 411 g/mol. The van der Waals surface area contributed by atoms with Crippen molar-refractivity contribution in [2.45, 2.75) is 58.4 Å². The lowest BCUT2D eigenvalue weighted by Crippen LogP contribution is -2.25. The van der Waals surface area contributed by atoms with E-state index < -0.39 is 11.4 Å². The lowest BCUT2D eigenvalue weighted by molar-refractivity contribution is 0.0694. The van der Waals surface area contributed by atoms with Gasteiger partial charge in [0.05, 0.1) is 18.3 Å². The van der Waals surface area contributed by atoms with Crippen LogP contribution in [0.15, 0.2) is 29.2 Å². The number of hydrogen-bond acceptors (Lipinski definition) is 4. The van der Waals surface area contributed by atoms with Gasteiger partial charge in [0.1, 0.15) is 23.7 Å². The van der Waals surface area contributed by atoms with E-state index in [1.54, 1.807) is 0 Å². The average Bonchev–Trinajstić information content (AvgIpc) is 3.54. The number of carboxylic acids is 1. The van der Waals surface area contributed by atoms with Crippen molar-refractivity contribution in [1.82, 2.24) is 4.57 Å². The smallest absolute Gasteiger partial charge is 0.341 e. The number of carbonyl (C=O) groups is 1. The molecule has 1 atom stereocenters. The van der Waals surface area contributed by atoms with Crippen molar-refractivity contribution < 1.29 is 19.4 Å². The van der Waals surface area contributed by atoms with Gasteiger partial charge in [0.2, 0.25) is 0 Å². The first-order valence-corrected chi connectivity index (χ1v) is 10.8. The molecule has 0 unspecified atom stereocenters. The summed E-state index contributed by atoms with van der Waals surface area (Å²) < 4.78 is 14.2. The molecule has 1 aromatic carbocycles. The molecule has 0 radical (unpaired) electrons. The molecule has 0 saturated heterocycles. The molecule has 6 nitrogen and oxygen atoms in total. The van der Waals surface area contributed by atoms with Crippen molar-refractivity contribution in [3.8, 4) is 22.8 Å². The Bertz CT molecular complexity index is 1020. The molecule has 0 amide bonds. The molecule has 1 aliphatic heterocycles. The Morgan fingerprint density at radius 1 is 1.30 bits per heavy atom. The number of nitrogens with zero attached hydrogens (tertiary/aromatic N) is 1. The second-order valence-electron chi connectivity index (χ2n) is 8.63. The third kappa shape index (κ3) is 3.83. The summed E-state index contributed by atoms with van der Waals surface area (Å²) in [5.41, 5.74) is 1.99. The van der Waals surface area contributed by atoms with Gasteiger partial charge in [-0.05, 0) is 42.7 Å². The largest absolute Gasteiger partial charge is 0.493 e. The maximum Gasteiger partial charge on any atom is 0.341 e. The number of rotatable bonds is 7. The highest BCUT2D eigenvalue weighted by molar-refractivity contribution is 5.88. The maximum atomic E-state index is 12.5. The summed E-state index contributed by atoms with van der Waals surface area (Å²) in [7, 11) is 0. The van der Waals surface area contributed by atoms with Crippen molar-refractivity contribution in [3.63, 3.8) is 0 Å². The molecule has 0 spiro atoms. The number of unbranched alkanes of at least 4 members (excludes halogenated alkanes) is 1. The Kier molecular flexibility index (Phi) is 5.58. The van der Waals surface area contributed by atoms with Crippen molar-refractivity contribution >= 4 is 5.97 Å². The summed E-state index contributed by atoms with van der Waals surface area (Å²) in [5.74, 6) is 1.01. The van der Waals surface area contributed by atoms with E-state index in [0.29, 0.717) is 30.6 Å². The fraction of sp³-hybridized carbons (Fsp3) is 0.500. The van der Waals surface area contributed by atoms with E-state index >= 15 is 0 Å². The topological polar surface area (TPSA) is 77.8 Å². The van der Waals surface area contributed by atoms with Gasteiger partial charge >= 0.3 is 5.97 Å². The molecule has 1 saturated carbocycles. The van der Waals surface area contributed by atoms with Gasteiger partial charge in [-0.2, -0.15) is 0 Å². The van der Waals surface area contributed by atoms with Gasteiger partial charge < -0.3 is 19.1 Å². The Morgan fingerprint density at radius 3 is 2.70 bits per heavy atom. The van der Waals surface area contributed by atoms with E-state index in [4.69, 9.17) is 9.47 Å². The predicted octanol–water partition coefficient (Wildman–Crippen LogP) is 4.86. The number of benzene rings is 1. The van der Waals surface area contributed by atoms with E-state index in [2.05, 4.69) is 26.8 Å². The number of hydrogen-bond donors (Lipinski definition) is 1. The zero-order chi connectivity index (χ0) is 21.4. The van der Waals surface area contributed by atoms with Crippen molar-refractivity contribution in [3.05, 3.63) is 45.7 Å². The summed E-state index contributed by atoms with van der Waals surface area (Å²) in [6.45, 7) is 7.35. The number of pyridine rings is 1. The van der Waals surface area contributed by atoms with Gasteiger partial charge in [-0.15, -0.1) is 0 Å². The average molecular weight is 411 g/mol. The van der Waals surface area contributed by atoms with Crippen molar-refractivity contribution in [2.24, 2.45) is 5.92 Å². The quantitative estimate of drug-likeness (QED) is 0.659. The molecule has 160 valence electrons. The van der Waals surface area contributed by atoms with Crippen LogP contribution >= 0.6 is 0 Å². The second kappa shape index (κ2) is 8.17. The number of ether oxygens (including phenoxy) is 2. The molecule has 2 aliphatic rings. The Hall–Kier alpha value is -2.76. The van der Waals surface area contributed by atoms with E-state index in [0.717, 1.165) is 42.6 Å². The molecular weight excluding hydrogens is 382 g/mol. The van der Waals surface area contributed by atoms with Crippen LogP contribution in [0.1, 0.15) is 74.3 Å². The Labute approximate surface area is 176 Å². The van der Waals surface area contributed by atoms with E-state index in [1.165, 1.54) is 12.3 Å². The van der Waals surface area contributed by atoms with Crippen LogP contribution in [0.3, 0.4) is 0 Å². The fourth-order valence-electron chi connectivity index (χ4n) is 4.03. The predicted molar refractivity (Wildman–Crippen MR) is 115 cm³/mol. The highest BCUT2D eigenvalue weighted by Gasteiger charge is 2.32. The molecular formula is C24H29NO5. The normalized spacial score (nSPS) is 17.7. The first-order valence-electron chi connectivity index (χ1n) is 10.8. The Balaban J connectivity index is 1.88. The lowest BCUT2D eigenvalue weighted by Gasteiger charge is -2.24. The summed E-state index contributed by atoms with van der Waals surface area (Å²) >= 11 is 0. The summed E-state index contributed by atoms with van der Waals surface area (Å²) in [4.78, 5) is 24.1. The van der Waals surface area contributed by atoms with Crippen molar-refractivity contribution in [2.75, 3.05) is 13.2 Å². The number of carboxylic acid groups (broad SMARTS) is 1. The second-order valence-corrected chi connectivity index (χ2v) is 8.63. The van der Waals surface area contributed by atoms with Gasteiger partial charge in [-0.25, -0.2) is 4.79 Å². The van der Waals surface area contributed by atoms with E-state index in [1.807, 2.05) is 10.6 Å². The molecule has 2 aromatic rings. The summed E-state index contributed by atoms with van der Waals surface area (Å²) in [6, 6.07) is 5.41. The molecule has 2 heterocycles. The minimum Gasteiger partial charge on any atom is -0.493 e. The number of aromatic carboxylic acids is 1. The van der Waals surface area contributed by atoms with Crippen LogP contribution in [0.25, 0.3) is 11.3 Å². The molecule has 30 heavy (non-hydrogen) atoms. The highest BCUT2D eigenvalue weighted by atomic mass is 16.5. The van der Waals surface area contributed by atoms with Crippen LogP contribution in [-0.2, 0) is 0 Å².